The van der Waals surface area contributed by atoms with Gasteiger partial charge < -0.3 is 41.6 Å². The highest BCUT2D eigenvalue weighted by Crippen LogP contribution is 2.69. The van der Waals surface area contributed by atoms with Crippen LogP contribution in [0, 0.1) is 5.92 Å². The Kier molecular flexibility index (Phi) is 6.71. The summed E-state index contributed by atoms with van der Waals surface area (Å²) in [5, 5.41) is 6.69. The van der Waals surface area contributed by atoms with Crippen molar-refractivity contribution in [1.29, 1.82) is 0 Å². The van der Waals surface area contributed by atoms with Crippen LogP contribution in [0.1, 0.15) is 26.2 Å². The van der Waals surface area contributed by atoms with Gasteiger partial charge in [0.1, 0.15) is 0 Å². The number of halogens is 1. The monoisotopic (exact) mass is 367 g/mol. The lowest BCUT2D eigenvalue weighted by molar-refractivity contribution is -0.924. The lowest BCUT2D eigenvalue weighted by Crippen LogP contribution is -3.00. The molecule has 0 saturated carbocycles. The standard InChI is InChI=1S/C10H23NO7P2.ClH/c1-8-4-5-9(11(2,3)7-8)6-10(12,19(13,14)15)20(16,17)18;/h8-9,12H,4-7H2,1-3H3,(H3-,13,14,15,16,17,18);1H. The Labute approximate surface area is 130 Å². The Morgan fingerprint density at radius 2 is 1.52 bits per heavy atom. The van der Waals surface area contributed by atoms with E-state index < -0.39 is 32.7 Å². The zero-order chi connectivity index (χ0) is 16.0. The molecular weight excluding hydrogens is 344 g/mol. The van der Waals surface area contributed by atoms with Crippen molar-refractivity contribution in [2.75, 3.05) is 20.6 Å². The van der Waals surface area contributed by atoms with E-state index >= 15 is 0 Å². The van der Waals surface area contributed by atoms with Gasteiger partial charge in [-0.3, -0.25) is 9.13 Å². The van der Waals surface area contributed by atoms with Crippen LogP contribution < -0.4 is 12.4 Å². The number of likely N-dealkylation sites (tertiary alicyclic amines) is 1. The zero-order valence-electron chi connectivity index (χ0n) is 12.3. The van der Waals surface area contributed by atoms with Crippen LogP contribution in [-0.2, 0) is 9.13 Å². The minimum Gasteiger partial charge on any atom is -1.00 e. The van der Waals surface area contributed by atoms with E-state index in [1.165, 1.54) is 0 Å². The summed E-state index contributed by atoms with van der Waals surface area (Å²) in [5.41, 5.74) is 0. The van der Waals surface area contributed by atoms with Crippen LogP contribution in [0.2, 0.25) is 0 Å². The Morgan fingerprint density at radius 1 is 1.10 bits per heavy atom. The van der Waals surface area contributed by atoms with E-state index in [1.807, 2.05) is 21.0 Å². The van der Waals surface area contributed by atoms with Crippen LogP contribution in [0.4, 0.5) is 0 Å². The Hall–Kier alpha value is 0.510. The lowest BCUT2D eigenvalue weighted by atomic mass is 9.91. The molecule has 2 unspecified atom stereocenters. The third kappa shape index (κ3) is 4.50. The van der Waals surface area contributed by atoms with Crippen molar-refractivity contribution in [3.05, 3.63) is 0 Å². The summed E-state index contributed by atoms with van der Waals surface area (Å²) < 4.78 is 23.2. The van der Waals surface area contributed by atoms with Gasteiger partial charge in [-0.05, 0) is 6.42 Å². The van der Waals surface area contributed by atoms with Crippen LogP contribution in [0.3, 0.4) is 0 Å². The molecule has 0 aromatic carbocycles. The molecule has 0 spiro atoms. The van der Waals surface area contributed by atoms with E-state index in [4.69, 9.17) is 0 Å². The maximum absolute atomic E-state index is 11.4. The fourth-order valence-electron chi connectivity index (χ4n) is 2.94. The molecule has 0 amide bonds. The SMILES string of the molecule is CC1CCC(CC(O)(P(=O)(O)O)P(=O)(O)O)[N+](C)(C)C1.[Cl-]. The van der Waals surface area contributed by atoms with Crippen molar-refractivity contribution in [1.82, 2.24) is 0 Å². The van der Waals surface area contributed by atoms with Crippen LogP contribution in [0.15, 0.2) is 0 Å². The molecule has 11 heteroatoms. The van der Waals surface area contributed by atoms with E-state index in [2.05, 4.69) is 0 Å². The average molecular weight is 368 g/mol. The average Bonchev–Trinajstić information content (AvgIpc) is 2.17. The van der Waals surface area contributed by atoms with Gasteiger partial charge in [0, 0.05) is 12.3 Å². The zero-order valence-corrected chi connectivity index (χ0v) is 14.8. The highest BCUT2D eigenvalue weighted by molar-refractivity contribution is 7.72. The molecule has 1 heterocycles. The van der Waals surface area contributed by atoms with Crippen LogP contribution in [0.5, 0.6) is 0 Å². The molecule has 2 atom stereocenters. The summed E-state index contributed by atoms with van der Waals surface area (Å²) in [4.78, 5) is 36.7. The number of nitrogens with zero attached hydrogens (tertiary/aromatic N) is 1. The third-order valence-electron chi connectivity index (χ3n) is 4.21. The van der Waals surface area contributed by atoms with Crippen molar-refractivity contribution in [2.24, 2.45) is 5.92 Å². The van der Waals surface area contributed by atoms with Gasteiger partial charge in [0.05, 0.1) is 33.1 Å². The van der Waals surface area contributed by atoms with Crippen molar-refractivity contribution in [3.8, 4) is 0 Å². The Balaban J connectivity index is 0.00000400. The molecule has 1 rings (SSSR count). The number of quaternary nitrogens is 1. The number of rotatable bonds is 4. The molecule has 21 heavy (non-hydrogen) atoms. The lowest BCUT2D eigenvalue weighted by Gasteiger charge is -2.46. The first-order valence-corrected chi connectivity index (χ1v) is 9.59. The highest BCUT2D eigenvalue weighted by atomic mass is 35.5. The van der Waals surface area contributed by atoms with Crippen LogP contribution >= 0.6 is 15.2 Å². The second-order valence-corrected chi connectivity index (χ2v) is 10.4. The third-order valence-corrected chi connectivity index (χ3v) is 8.00. The summed E-state index contributed by atoms with van der Waals surface area (Å²) in [6.45, 7) is 2.78. The molecule has 5 N–H and O–H groups in total. The van der Waals surface area contributed by atoms with E-state index in [9.17, 15) is 33.8 Å². The molecule has 8 nitrogen and oxygen atoms in total. The van der Waals surface area contributed by atoms with Crippen LogP contribution in [0.25, 0.3) is 0 Å². The number of hydrogen-bond acceptors (Lipinski definition) is 3. The van der Waals surface area contributed by atoms with Crippen molar-refractivity contribution in [2.45, 2.75) is 37.3 Å². The van der Waals surface area contributed by atoms with E-state index in [0.717, 1.165) is 13.0 Å². The molecule has 1 aliphatic rings. The van der Waals surface area contributed by atoms with Gasteiger partial charge in [0.25, 0.3) is 5.08 Å². The first kappa shape index (κ1) is 21.5. The predicted octanol–water partition coefficient (Wildman–Crippen LogP) is -2.74. The first-order chi connectivity index (χ1) is 8.71. The van der Waals surface area contributed by atoms with E-state index in [1.54, 1.807) is 0 Å². The maximum atomic E-state index is 11.4. The van der Waals surface area contributed by atoms with Gasteiger partial charge in [-0.15, -0.1) is 0 Å². The minimum atomic E-state index is -5.37. The number of piperidine rings is 1. The molecule has 0 bridgehead atoms. The summed E-state index contributed by atoms with van der Waals surface area (Å²) in [6, 6.07) is -0.420. The molecule has 1 saturated heterocycles. The molecule has 0 radical (unpaired) electrons. The van der Waals surface area contributed by atoms with Gasteiger partial charge in [-0.25, -0.2) is 0 Å². The highest BCUT2D eigenvalue weighted by Gasteiger charge is 2.62. The van der Waals surface area contributed by atoms with Crippen molar-refractivity contribution in [3.63, 3.8) is 0 Å². The summed E-state index contributed by atoms with van der Waals surface area (Å²) in [5.74, 6) is 0.416. The van der Waals surface area contributed by atoms with Gasteiger partial charge in [-0.1, -0.05) is 6.92 Å². The number of aliphatic hydroxyl groups is 1. The van der Waals surface area contributed by atoms with Gasteiger partial charge in [0.15, 0.2) is 0 Å². The fourth-order valence-corrected chi connectivity index (χ4v) is 5.20. The smallest absolute Gasteiger partial charge is 0.369 e. The van der Waals surface area contributed by atoms with E-state index in [0.29, 0.717) is 16.8 Å². The normalized spacial score (nSPS) is 27.0. The summed E-state index contributed by atoms with van der Waals surface area (Å²) in [6.07, 6.45) is 0.725. The van der Waals surface area contributed by atoms with Crippen LogP contribution in [-0.4, -0.2) is 60.9 Å². The molecule has 0 aliphatic carbocycles. The molecule has 0 aromatic rings. The molecule has 1 fully saturated rings. The molecule has 128 valence electrons. The van der Waals surface area contributed by atoms with Crippen molar-refractivity contribution >= 4 is 15.2 Å². The van der Waals surface area contributed by atoms with Gasteiger partial charge >= 0.3 is 15.2 Å². The quantitative estimate of drug-likeness (QED) is 0.269. The molecular formula is C10H24ClNO7P2. The topological polar surface area (TPSA) is 135 Å². The number of hydrogen-bond donors (Lipinski definition) is 5. The summed E-state index contributed by atoms with van der Waals surface area (Å²) >= 11 is 0. The largest absolute Gasteiger partial charge is 1.00 e. The van der Waals surface area contributed by atoms with Crippen molar-refractivity contribution < 1.29 is 50.7 Å². The molecule has 0 aromatic heterocycles. The second-order valence-electron chi connectivity index (χ2n) is 6.36. The first-order valence-electron chi connectivity index (χ1n) is 6.37. The van der Waals surface area contributed by atoms with Gasteiger partial charge in [0.2, 0.25) is 0 Å². The summed E-state index contributed by atoms with van der Waals surface area (Å²) in [7, 11) is -7.06. The predicted molar refractivity (Wildman–Crippen MR) is 72.8 cm³/mol. The van der Waals surface area contributed by atoms with E-state index in [-0.39, 0.29) is 12.4 Å². The Morgan fingerprint density at radius 3 is 1.86 bits per heavy atom. The second kappa shape index (κ2) is 6.56. The minimum absolute atomic E-state index is 0. The Bertz CT molecular complexity index is 438. The maximum Gasteiger partial charge on any atom is 0.369 e. The molecule has 1 aliphatic heterocycles. The fraction of sp³-hybridized carbons (Fsp3) is 1.00. The van der Waals surface area contributed by atoms with Gasteiger partial charge in [-0.2, -0.15) is 0 Å².